The van der Waals surface area contributed by atoms with Crippen LogP contribution in [0.2, 0.25) is 0 Å². The van der Waals surface area contributed by atoms with Gasteiger partial charge in [-0.3, -0.25) is 8.79 Å². The molecule has 0 saturated heterocycles. The van der Waals surface area contributed by atoms with E-state index in [9.17, 15) is 9.18 Å². The highest BCUT2D eigenvalue weighted by Gasteiger charge is 2.13. The van der Waals surface area contributed by atoms with Gasteiger partial charge in [-0.1, -0.05) is 11.3 Å². The normalized spacial score (nSPS) is 11.0. The number of fused-ring (bicyclic) bond motifs is 1. The molecule has 0 spiro atoms. The third kappa shape index (κ3) is 3.08. The van der Waals surface area contributed by atoms with Gasteiger partial charge in [0.25, 0.3) is 0 Å². The van der Waals surface area contributed by atoms with E-state index in [2.05, 4.69) is 20.9 Å². The van der Waals surface area contributed by atoms with Gasteiger partial charge in [0, 0.05) is 6.20 Å². The van der Waals surface area contributed by atoms with Crippen LogP contribution in [0.25, 0.3) is 4.96 Å². The summed E-state index contributed by atoms with van der Waals surface area (Å²) in [6.45, 7) is 0.0182. The molecule has 7 heteroatoms. The number of aromatic nitrogens is 2. The Balaban J connectivity index is 1.88. The van der Waals surface area contributed by atoms with Gasteiger partial charge in [-0.05, 0) is 35.2 Å². The molecular formula is C11H12BrFN2O2S. The van der Waals surface area contributed by atoms with E-state index in [0.717, 1.165) is 16.0 Å². The molecule has 0 radical (unpaired) electrons. The average Bonchev–Trinajstić information content (AvgIpc) is 2.92. The van der Waals surface area contributed by atoms with Crippen LogP contribution in [0.5, 0.6) is 0 Å². The summed E-state index contributed by atoms with van der Waals surface area (Å²) in [4.78, 5) is 17.1. The van der Waals surface area contributed by atoms with Crippen molar-refractivity contribution in [2.45, 2.75) is 19.3 Å². The van der Waals surface area contributed by atoms with Gasteiger partial charge in [0.1, 0.15) is 9.48 Å². The average molecular weight is 335 g/mol. The van der Waals surface area contributed by atoms with Gasteiger partial charge in [-0.25, -0.2) is 9.78 Å². The van der Waals surface area contributed by atoms with Crippen molar-refractivity contribution in [2.24, 2.45) is 0 Å². The number of ether oxygens (including phenoxy) is 1. The van der Waals surface area contributed by atoms with Crippen molar-refractivity contribution in [3.63, 3.8) is 0 Å². The Kier molecular flexibility index (Phi) is 4.71. The molecule has 4 nitrogen and oxygen atoms in total. The summed E-state index contributed by atoms with van der Waals surface area (Å²) in [6, 6.07) is 0. The molecule has 98 valence electrons. The van der Waals surface area contributed by atoms with Gasteiger partial charge in [-0.2, -0.15) is 0 Å². The molecule has 2 aromatic heterocycles. The maximum atomic E-state index is 11.8. The van der Waals surface area contributed by atoms with Crippen LogP contribution in [0.15, 0.2) is 17.0 Å². The van der Waals surface area contributed by atoms with Gasteiger partial charge in [0.05, 0.1) is 19.5 Å². The maximum absolute atomic E-state index is 11.8. The zero-order valence-corrected chi connectivity index (χ0v) is 12.0. The summed E-state index contributed by atoms with van der Waals surface area (Å²) < 4.78 is 19.5. The van der Waals surface area contributed by atoms with Crippen molar-refractivity contribution in [2.75, 3.05) is 13.3 Å². The number of imidazole rings is 1. The molecule has 0 aliphatic heterocycles. The van der Waals surface area contributed by atoms with Crippen molar-refractivity contribution in [1.82, 2.24) is 9.38 Å². The number of rotatable bonds is 6. The summed E-state index contributed by atoms with van der Waals surface area (Å²) >= 11 is 4.61. The smallest absolute Gasteiger partial charge is 0.349 e. The standard InChI is InChI=1S/C11H12BrFN2O2S/c12-9-6-14-11-15(9)7-8(18-11)10(16)17-5-3-1-2-4-13/h6-7H,1-5H2. The molecule has 0 fully saturated rings. The number of hydrogen-bond acceptors (Lipinski definition) is 4. The minimum atomic E-state index is -0.349. The first kappa shape index (κ1) is 13.5. The lowest BCUT2D eigenvalue weighted by molar-refractivity contribution is 0.0503. The highest BCUT2D eigenvalue weighted by Crippen LogP contribution is 2.22. The molecule has 0 aliphatic rings. The van der Waals surface area contributed by atoms with Crippen LogP contribution in [-0.2, 0) is 4.74 Å². The highest BCUT2D eigenvalue weighted by molar-refractivity contribution is 9.10. The first-order chi connectivity index (χ1) is 8.72. The summed E-state index contributed by atoms with van der Waals surface area (Å²) in [7, 11) is 0. The Bertz CT molecular complexity index is 540. The van der Waals surface area contributed by atoms with Gasteiger partial charge in [0.15, 0.2) is 4.96 Å². The quantitative estimate of drug-likeness (QED) is 0.600. The van der Waals surface area contributed by atoms with Gasteiger partial charge in [0.2, 0.25) is 0 Å². The van der Waals surface area contributed by atoms with Gasteiger partial charge >= 0.3 is 5.97 Å². The summed E-state index contributed by atoms with van der Waals surface area (Å²) in [6.07, 6.45) is 5.33. The SMILES string of the molecule is O=C(OCCCCCF)c1cn2c(Br)cnc2s1. The van der Waals surface area contributed by atoms with Crippen LogP contribution >= 0.6 is 27.3 Å². The topological polar surface area (TPSA) is 43.6 Å². The van der Waals surface area contributed by atoms with Gasteiger partial charge < -0.3 is 4.74 Å². The zero-order valence-electron chi connectivity index (χ0n) is 9.57. The Morgan fingerprint density at radius 2 is 2.33 bits per heavy atom. The van der Waals surface area contributed by atoms with Crippen LogP contribution in [0, 0.1) is 0 Å². The van der Waals surface area contributed by atoms with E-state index >= 15 is 0 Å². The minimum Gasteiger partial charge on any atom is -0.461 e. The van der Waals surface area contributed by atoms with Crippen LogP contribution in [-0.4, -0.2) is 28.6 Å². The van der Waals surface area contributed by atoms with Crippen LogP contribution in [0.1, 0.15) is 28.9 Å². The fraction of sp³-hybridized carbons (Fsp3) is 0.455. The lowest BCUT2D eigenvalue weighted by Crippen LogP contribution is -2.04. The molecule has 0 saturated carbocycles. The number of thiazole rings is 1. The van der Waals surface area contributed by atoms with Crippen LogP contribution < -0.4 is 0 Å². The van der Waals surface area contributed by atoms with E-state index in [1.165, 1.54) is 11.3 Å². The minimum absolute atomic E-state index is 0.315. The van der Waals surface area contributed by atoms with Crippen molar-refractivity contribution in [3.05, 3.63) is 21.9 Å². The lowest BCUT2D eigenvalue weighted by atomic mass is 10.2. The van der Waals surface area contributed by atoms with Crippen LogP contribution in [0.4, 0.5) is 4.39 Å². The summed E-state index contributed by atoms with van der Waals surface area (Å²) in [5.74, 6) is -0.349. The molecule has 2 rings (SSSR count). The van der Waals surface area contributed by atoms with Crippen molar-refractivity contribution >= 4 is 38.2 Å². The second-order valence-electron chi connectivity index (χ2n) is 3.71. The number of esters is 1. The highest BCUT2D eigenvalue weighted by atomic mass is 79.9. The van der Waals surface area contributed by atoms with Crippen LogP contribution in [0.3, 0.4) is 0 Å². The lowest BCUT2D eigenvalue weighted by Gasteiger charge is -2.01. The predicted octanol–water partition coefficient (Wildman–Crippen LogP) is 3.45. The van der Waals surface area contributed by atoms with E-state index in [0.29, 0.717) is 24.3 Å². The van der Waals surface area contributed by atoms with Gasteiger partial charge in [-0.15, -0.1) is 0 Å². The molecule has 2 aromatic rings. The second kappa shape index (κ2) is 6.29. The number of carbonyl (C=O) groups excluding carboxylic acids is 1. The maximum Gasteiger partial charge on any atom is 0.349 e. The number of unbranched alkanes of at least 4 members (excludes halogenated alkanes) is 2. The van der Waals surface area contributed by atoms with E-state index in [1.54, 1.807) is 16.8 Å². The summed E-state index contributed by atoms with van der Waals surface area (Å²) in [5.41, 5.74) is 0. The van der Waals surface area contributed by atoms with Crippen molar-refractivity contribution in [3.8, 4) is 0 Å². The molecule has 2 heterocycles. The third-order valence-electron chi connectivity index (χ3n) is 2.38. The Morgan fingerprint density at radius 3 is 3.06 bits per heavy atom. The largest absolute Gasteiger partial charge is 0.461 e. The number of carbonyl (C=O) groups is 1. The second-order valence-corrected chi connectivity index (χ2v) is 5.54. The number of hydrogen-bond donors (Lipinski definition) is 0. The molecule has 0 atom stereocenters. The van der Waals surface area contributed by atoms with E-state index < -0.39 is 0 Å². The molecule has 0 aromatic carbocycles. The predicted molar refractivity (Wildman–Crippen MR) is 70.9 cm³/mol. The zero-order chi connectivity index (χ0) is 13.0. The van der Waals surface area contributed by atoms with E-state index in [1.807, 2.05) is 0 Å². The number of nitrogens with zero attached hydrogens (tertiary/aromatic N) is 2. The first-order valence-electron chi connectivity index (χ1n) is 5.58. The third-order valence-corrected chi connectivity index (χ3v) is 3.94. The fourth-order valence-corrected chi connectivity index (χ4v) is 2.80. The Labute approximate surface area is 116 Å². The number of halogens is 2. The molecule has 0 N–H and O–H groups in total. The van der Waals surface area contributed by atoms with Crippen molar-refractivity contribution < 1.29 is 13.9 Å². The van der Waals surface area contributed by atoms with E-state index in [-0.39, 0.29) is 12.6 Å². The molecular weight excluding hydrogens is 323 g/mol. The Hall–Kier alpha value is -0.950. The summed E-state index contributed by atoms with van der Waals surface area (Å²) in [5, 5.41) is 0. The first-order valence-corrected chi connectivity index (χ1v) is 7.19. The number of alkyl halides is 1. The fourth-order valence-electron chi connectivity index (χ4n) is 1.46. The molecule has 0 amide bonds. The Morgan fingerprint density at radius 1 is 1.50 bits per heavy atom. The monoisotopic (exact) mass is 334 g/mol. The van der Waals surface area contributed by atoms with Crippen molar-refractivity contribution in [1.29, 1.82) is 0 Å². The molecule has 0 bridgehead atoms. The molecule has 18 heavy (non-hydrogen) atoms. The van der Waals surface area contributed by atoms with E-state index in [4.69, 9.17) is 4.74 Å². The molecule has 0 unspecified atom stereocenters. The molecule has 0 aliphatic carbocycles.